The maximum Gasteiger partial charge on any atom is 0.269 e. The Labute approximate surface area is 139 Å². The Morgan fingerprint density at radius 1 is 1.17 bits per heavy atom. The standard InChI is InChI=1S/C16H16N2O5S/c1-24(22,23)15-4-2-3-13(11-15)16(19)17-10-9-12-5-7-14(8-6-12)18(20)21/h2-8,11H,9-10H2,1H3,(H,17,19). The molecule has 0 fully saturated rings. The van der Waals surface area contributed by atoms with Gasteiger partial charge in [0.15, 0.2) is 9.84 Å². The van der Waals surface area contributed by atoms with Crippen molar-refractivity contribution >= 4 is 21.4 Å². The van der Waals surface area contributed by atoms with Crippen LogP contribution in [0.15, 0.2) is 53.4 Å². The summed E-state index contributed by atoms with van der Waals surface area (Å²) in [6, 6.07) is 11.9. The Kier molecular flexibility index (Phi) is 5.30. The highest BCUT2D eigenvalue weighted by Gasteiger charge is 2.11. The third kappa shape index (κ3) is 4.63. The topological polar surface area (TPSA) is 106 Å². The first-order valence-electron chi connectivity index (χ1n) is 7.09. The number of benzene rings is 2. The zero-order valence-electron chi connectivity index (χ0n) is 12.9. The van der Waals surface area contributed by atoms with Gasteiger partial charge in [0.1, 0.15) is 0 Å². The minimum Gasteiger partial charge on any atom is -0.352 e. The highest BCUT2D eigenvalue weighted by Crippen LogP contribution is 2.13. The molecule has 0 aliphatic rings. The maximum atomic E-state index is 12.1. The minimum atomic E-state index is -3.37. The van der Waals surface area contributed by atoms with Gasteiger partial charge in [-0.05, 0) is 30.2 Å². The number of nitro benzene ring substituents is 1. The molecule has 0 heterocycles. The van der Waals surface area contributed by atoms with E-state index in [2.05, 4.69) is 5.32 Å². The third-order valence-electron chi connectivity index (χ3n) is 3.37. The van der Waals surface area contributed by atoms with Gasteiger partial charge in [0, 0.05) is 30.5 Å². The lowest BCUT2D eigenvalue weighted by Crippen LogP contribution is -2.25. The highest BCUT2D eigenvalue weighted by atomic mass is 32.2. The van der Waals surface area contributed by atoms with Crippen molar-refractivity contribution in [2.24, 2.45) is 0 Å². The van der Waals surface area contributed by atoms with Crippen molar-refractivity contribution in [3.8, 4) is 0 Å². The largest absolute Gasteiger partial charge is 0.352 e. The number of nitrogens with one attached hydrogen (secondary N) is 1. The molecule has 0 spiro atoms. The number of hydrogen-bond acceptors (Lipinski definition) is 5. The predicted octanol–water partition coefficient (Wildman–Crippen LogP) is 1.97. The molecule has 0 bridgehead atoms. The van der Waals surface area contributed by atoms with E-state index in [1.165, 1.54) is 36.4 Å². The molecule has 7 nitrogen and oxygen atoms in total. The lowest BCUT2D eigenvalue weighted by Gasteiger charge is -2.07. The predicted molar refractivity (Wildman–Crippen MR) is 88.7 cm³/mol. The molecule has 1 N–H and O–H groups in total. The van der Waals surface area contributed by atoms with Crippen LogP contribution in [0.1, 0.15) is 15.9 Å². The highest BCUT2D eigenvalue weighted by molar-refractivity contribution is 7.90. The number of amides is 1. The van der Waals surface area contributed by atoms with Crippen molar-refractivity contribution in [1.29, 1.82) is 0 Å². The minimum absolute atomic E-state index is 0.0142. The Hall–Kier alpha value is -2.74. The fourth-order valence-corrected chi connectivity index (χ4v) is 2.74. The van der Waals surface area contributed by atoms with E-state index >= 15 is 0 Å². The lowest BCUT2D eigenvalue weighted by molar-refractivity contribution is -0.384. The van der Waals surface area contributed by atoms with Gasteiger partial charge in [-0.15, -0.1) is 0 Å². The molecule has 0 aliphatic heterocycles. The van der Waals surface area contributed by atoms with E-state index in [-0.39, 0.29) is 22.1 Å². The Morgan fingerprint density at radius 3 is 2.42 bits per heavy atom. The van der Waals surface area contributed by atoms with Crippen molar-refractivity contribution in [3.05, 3.63) is 69.8 Å². The number of nitrogens with zero attached hydrogens (tertiary/aromatic N) is 1. The smallest absolute Gasteiger partial charge is 0.269 e. The van der Waals surface area contributed by atoms with Crippen LogP contribution in [-0.4, -0.2) is 32.0 Å². The maximum absolute atomic E-state index is 12.1. The summed E-state index contributed by atoms with van der Waals surface area (Å²) in [6.07, 6.45) is 1.59. The summed E-state index contributed by atoms with van der Waals surface area (Å²) in [4.78, 5) is 22.3. The van der Waals surface area contributed by atoms with E-state index in [1.54, 1.807) is 12.1 Å². The molecular formula is C16H16N2O5S. The molecule has 24 heavy (non-hydrogen) atoms. The summed E-state index contributed by atoms with van der Waals surface area (Å²) in [6.45, 7) is 0.333. The van der Waals surface area contributed by atoms with Crippen molar-refractivity contribution in [2.45, 2.75) is 11.3 Å². The number of rotatable bonds is 6. The van der Waals surface area contributed by atoms with E-state index in [0.717, 1.165) is 11.8 Å². The van der Waals surface area contributed by atoms with Gasteiger partial charge in [-0.1, -0.05) is 18.2 Å². The Balaban J connectivity index is 1.95. The van der Waals surface area contributed by atoms with E-state index in [4.69, 9.17) is 0 Å². The van der Waals surface area contributed by atoms with Crippen LogP contribution in [0, 0.1) is 10.1 Å². The summed E-state index contributed by atoms with van der Waals surface area (Å²) in [5.41, 5.74) is 1.13. The van der Waals surface area contributed by atoms with Crippen LogP contribution >= 0.6 is 0 Å². The van der Waals surface area contributed by atoms with Gasteiger partial charge in [0.05, 0.1) is 9.82 Å². The van der Waals surface area contributed by atoms with Crippen LogP contribution in [0.4, 0.5) is 5.69 Å². The number of nitro groups is 1. The molecule has 126 valence electrons. The molecule has 0 aromatic heterocycles. The second-order valence-electron chi connectivity index (χ2n) is 5.23. The molecule has 8 heteroatoms. The molecule has 0 atom stereocenters. The SMILES string of the molecule is CS(=O)(=O)c1cccc(C(=O)NCCc2ccc([N+](=O)[O-])cc2)c1. The van der Waals surface area contributed by atoms with Crippen LogP contribution in [0.3, 0.4) is 0 Å². The first-order valence-corrected chi connectivity index (χ1v) is 8.98. The van der Waals surface area contributed by atoms with Crippen molar-refractivity contribution in [1.82, 2.24) is 5.32 Å². The molecule has 0 unspecified atom stereocenters. The molecular weight excluding hydrogens is 332 g/mol. The molecule has 2 aromatic rings. The number of hydrogen-bond donors (Lipinski definition) is 1. The summed E-state index contributed by atoms with van der Waals surface area (Å²) in [5.74, 6) is -0.373. The fraction of sp³-hybridized carbons (Fsp3) is 0.188. The monoisotopic (exact) mass is 348 g/mol. The van der Waals surface area contributed by atoms with Crippen LogP contribution in [0.2, 0.25) is 0 Å². The van der Waals surface area contributed by atoms with Crippen molar-refractivity contribution in [3.63, 3.8) is 0 Å². The first kappa shape index (κ1) is 17.6. The molecule has 0 aliphatic carbocycles. The summed E-state index contributed by atoms with van der Waals surface area (Å²) < 4.78 is 23.0. The number of carbonyl (C=O) groups is 1. The number of carbonyl (C=O) groups excluding carboxylic acids is 1. The van der Waals surface area contributed by atoms with Gasteiger partial charge in [-0.2, -0.15) is 0 Å². The second-order valence-corrected chi connectivity index (χ2v) is 7.25. The normalized spacial score (nSPS) is 11.0. The van der Waals surface area contributed by atoms with Crippen molar-refractivity contribution < 1.29 is 18.1 Å². The van der Waals surface area contributed by atoms with Gasteiger partial charge in [0.2, 0.25) is 0 Å². The summed E-state index contributed by atoms with van der Waals surface area (Å²) >= 11 is 0. The van der Waals surface area contributed by atoms with E-state index in [0.29, 0.717) is 13.0 Å². The van der Waals surface area contributed by atoms with Crippen molar-refractivity contribution in [2.75, 3.05) is 12.8 Å². The van der Waals surface area contributed by atoms with Crippen LogP contribution in [0.25, 0.3) is 0 Å². The van der Waals surface area contributed by atoms with Gasteiger partial charge < -0.3 is 5.32 Å². The molecule has 0 radical (unpaired) electrons. The van der Waals surface area contributed by atoms with E-state index in [1.807, 2.05) is 0 Å². The van der Waals surface area contributed by atoms with Gasteiger partial charge >= 0.3 is 0 Å². The molecule has 2 rings (SSSR count). The zero-order chi connectivity index (χ0) is 17.7. The van der Waals surface area contributed by atoms with Crippen LogP contribution in [0.5, 0.6) is 0 Å². The zero-order valence-corrected chi connectivity index (χ0v) is 13.7. The molecule has 0 saturated heterocycles. The summed E-state index contributed by atoms with van der Waals surface area (Å²) in [7, 11) is -3.37. The molecule has 1 amide bonds. The number of sulfone groups is 1. The first-order chi connectivity index (χ1) is 11.3. The Bertz CT molecular complexity index is 860. The average Bonchev–Trinajstić information content (AvgIpc) is 2.54. The van der Waals surface area contributed by atoms with Gasteiger partial charge in [-0.3, -0.25) is 14.9 Å². The van der Waals surface area contributed by atoms with Crippen LogP contribution in [-0.2, 0) is 16.3 Å². The van der Waals surface area contributed by atoms with E-state index in [9.17, 15) is 23.3 Å². The van der Waals surface area contributed by atoms with Gasteiger partial charge in [0.25, 0.3) is 11.6 Å². The molecule has 0 saturated carbocycles. The molecule has 2 aromatic carbocycles. The third-order valence-corrected chi connectivity index (χ3v) is 4.48. The Morgan fingerprint density at radius 2 is 1.83 bits per heavy atom. The average molecular weight is 348 g/mol. The van der Waals surface area contributed by atoms with Crippen LogP contribution < -0.4 is 5.32 Å². The number of non-ortho nitro benzene ring substituents is 1. The van der Waals surface area contributed by atoms with Gasteiger partial charge in [-0.25, -0.2) is 8.42 Å². The van der Waals surface area contributed by atoms with E-state index < -0.39 is 14.8 Å². The quantitative estimate of drug-likeness (QED) is 0.634. The lowest BCUT2D eigenvalue weighted by atomic mass is 10.1. The fourth-order valence-electron chi connectivity index (χ4n) is 2.07. The second kappa shape index (κ2) is 7.22. The summed E-state index contributed by atoms with van der Waals surface area (Å²) in [5, 5.41) is 13.3.